The van der Waals surface area contributed by atoms with Crippen LogP contribution in [-0.4, -0.2) is 35.6 Å². The highest BCUT2D eigenvalue weighted by Crippen LogP contribution is 2.38. The van der Waals surface area contributed by atoms with Gasteiger partial charge in [-0.25, -0.2) is 14.5 Å². The number of nitrogens with one attached hydrogen (secondary N) is 2. The summed E-state index contributed by atoms with van der Waals surface area (Å²) in [4.78, 5) is 32.4. The second-order valence-corrected chi connectivity index (χ2v) is 10.9. The van der Waals surface area contributed by atoms with Crippen LogP contribution in [0.3, 0.4) is 0 Å². The molecule has 0 spiro atoms. The Kier molecular flexibility index (Phi) is 5.95. The fraction of sp³-hybridized carbons (Fsp3) is 0.179. The molecular weight excluding hydrogens is 572 g/mol. The molecule has 0 unspecified atom stereocenters. The van der Waals surface area contributed by atoms with Gasteiger partial charge in [-0.15, -0.1) is 5.10 Å². The molecule has 0 bridgehead atoms. The number of halogens is 3. The van der Waals surface area contributed by atoms with Gasteiger partial charge in [0.2, 0.25) is 5.95 Å². The Hall–Kier alpha value is -4.48. The number of aromatic amines is 1. The summed E-state index contributed by atoms with van der Waals surface area (Å²) < 4.78 is 23.4. The lowest BCUT2D eigenvalue weighted by Crippen LogP contribution is -2.26. The van der Waals surface area contributed by atoms with E-state index in [1.807, 2.05) is 13.0 Å². The number of nitrogens with zero attached hydrogens (tertiary/aromatic N) is 5. The van der Waals surface area contributed by atoms with Crippen molar-refractivity contribution in [2.45, 2.75) is 26.0 Å². The third-order valence-corrected chi connectivity index (χ3v) is 7.83. The van der Waals surface area contributed by atoms with E-state index in [0.29, 0.717) is 45.3 Å². The maximum absolute atomic E-state index is 15.2. The second kappa shape index (κ2) is 9.57. The van der Waals surface area contributed by atoms with E-state index in [0.717, 1.165) is 11.3 Å². The van der Waals surface area contributed by atoms with Gasteiger partial charge in [0.1, 0.15) is 18.1 Å². The van der Waals surface area contributed by atoms with E-state index in [1.54, 1.807) is 47.2 Å². The standard InChI is InChI=1S/C28H20Cl2FN7O3/c1-13-6-18-8-15(19-10-17(29)3-5-21(19)37-11-22(30)35-36-37)9-23(39)38(18)25(13)27-33-24(26(31)34-27)14-2-4-20-16(7-14)12-41-28(40)32-20/h2-5,7-11,13,25H,6,12H2,1H3,(H,32,40)(H,33,34)/t13-,25-/m0/s1. The van der Waals surface area contributed by atoms with Gasteiger partial charge in [0.25, 0.3) is 5.56 Å². The Labute approximate surface area is 241 Å². The van der Waals surface area contributed by atoms with Crippen molar-refractivity contribution in [1.82, 2.24) is 29.5 Å². The second-order valence-electron chi connectivity index (χ2n) is 10.1. The van der Waals surface area contributed by atoms with E-state index in [2.05, 4.69) is 25.6 Å². The first-order valence-electron chi connectivity index (χ1n) is 12.7. The largest absolute Gasteiger partial charge is 0.444 e. The SMILES string of the molecule is C[C@H]1Cc2cc(-c3cc(Cl)ccc3-n3cc(Cl)nn3)cc(=O)n2[C@@H]1c1nc(F)c(-c2ccc3c(c2)COC(=O)N3)[nH]1. The van der Waals surface area contributed by atoms with Crippen LogP contribution in [0.5, 0.6) is 0 Å². The molecule has 2 aliphatic rings. The summed E-state index contributed by atoms with van der Waals surface area (Å²) in [6.45, 7) is 2.08. The number of imidazole rings is 1. The van der Waals surface area contributed by atoms with E-state index in [-0.39, 0.29) is 28.9 Å². The van der Waals surface area contributed by atoms with Gasteiger partial charge in [-0.3, -0.25) is 10.1 Å². The van der Waals surface area contributed by atoms with Gasteiger partial charge in [-0.2, -0.15) is 4.39 Å². The minimum Gasteiger partial charge on any atom is -0.444 e. The molecule has 3 aromatic heterocycles. The molecule has 2 aliphatic heterocycles. The molecule has 7 rings (SSSR count). The predicted octanol–water partition coefficient (Wildman–Crippen LogP) is 5.78. The van der Waals surface area contributed by atoms with Crippen LogP contribution in [0.15, 0.2) is 59.5 Å². The maximum atomic E-state index is 15.2. The van der Waals surface area contributed by atoms with Crippen LogP contribution in [0.1, 0.15) is 30.0 Å². The topological polar surface area (TPSA) is 120 Å². The van der Waals surface area contributed by atoms with E-state index in [1.165, 1.54) is 10.7 Å². The number of aromatic nitrogens is 6. The fourth-order valence-corrected chi connectivity index (χ4v) is 5.93. The number of fused-ring (bicyclic) bond motifs is 2. The van der Waals surface area contributed by atoms with Crippen molar-refractivity contribution in [2.24, 2.45) is 5.92 Å². The molecule has 2 N–H and O–H groups in total. The number of ether oxygens (including phenoxy) is 1. The van der Waals surface area contributed by atoms with Crippen LogP contribution in [0.2, 0.25) is 10.2 Å². The number of hydrogen-bond acceptors (Lipinski definition) is 6. The molecule has 5 heterocycles. The number of carbonyl (C=O) groups excluding carboxylic acids is 1. The number of amides is 1. The average molecular weight is 592 g/mol. The minimum absolute atomic E-state index is 0.0450. The van der Waals surface area contributed by atoms with Gasteiger partial charge in [-0.05, 0) is 54.3 Å². The molecule has 13 heteroatoms. The van der Waals surface area contributed by atoms with E-state index in [4.69, 9.17) is 27.9 Å². The van der Waals surface area contributed by atoms with Crippen molar-refractivity contribution in [3.05, 3.63) is 98.3 Å². The monoisotopic (exact) mass is 591 g/mol. The Morgan fingerprint density at radius 2 is 1.93 bits per heavy atom. The summed E-state index contributed by atoms with van der Waals surface area (Å²) in [5, 5.41) is 11.3. The Morgan fingerprint density at radius 3 is 2.73 bits per heavy atom. The van der Waals surface area contributed by atoms with Crippen LogP contribution >= 0.6 is 23.2 Å². The lowest BCUT2D eigenvalue weighted by molar-refractivity contribution is 0.151. The van der Waals surface area contributed by atoms with E-state index in [9.17, 15) is 9.59 Å². The van der Waals surface area contributed by atoms with Crippen LogP contribution in [0.25, 0.3) is 28.1 Å². The van der Waals surface area contributed by atoms with Gasteiger partial charge in [0, 0.05) is 33.5 Å². The summed E-state index contributed by atoms with van der Waals surface area (Å²) in [5.74, 6) is -0.376. The molecule has 0 aliphatic carbocycles. The van der Waals surface area contributed by atoms with Crippen molar-refractivity contribution in [2.75, 3.05) is 5.32 Å². The number of hydrogen-bond donors (Lipinski definition) is 2. The smallest absolute Gasteiger partial charge is 0.411 e. The number of rotatable bonds is 4. The number of cyclic esters (lactones) is 1. The normalized spacial score (nSPS) is 17.6. The molecule has 0 saturated carbocycles. The Morgan fingerprint density at radius 1 is 1.07 bits per heavy atom. The molecule has 0 saturated heterocycles. The van der Waals surface area contributed by atoms with Gasteiger partial charge < -0.3 is 14.3 Å². The predicted molar refractivity (Wildman–Crippen MR) is 150 cm³/mol. The quantitative estimate of drug-likeness (QED) is 0.273. The first-order valence-corrected chi connectivity index (χ1v) is 13.5. The first kappa shape index (κ1) is 25.5. The zero-order valence-corrected chi connectivity index (χ0v) is 22.9. The zero-order chi connectivity index (χ0) is 28.4. The summed E-state index contributed by atoms with van der Waals surface area (Å²) >= 11 is 12.3. The summed E-state index contributed by atoms with van der Waals surface area (Å²) in [6.07, 6.45) is 1.62. The Balaban J connectivity index is 1.27. The molecule has 2 aromatic carbocycles. The van der Waals surface area contributed by atoms with Gasteiger partial charge in [-0.1, -0.05) is 41.4 Å². The highest BCUT2D eigenvalue weighted by Gasteiger charge is 2.35. The zero-order valence-electron chi connectivity index (χ0n) is 21.4. The van der Waals surface area contributed by atoms with Crippen molar-refractivity contribution in [1.29, 1.82) is 0 Å². The third-order valence-electron chi connectivity index (χ3n) is 7.43. The number of carbonyl (C=O) groups is 1. The van der Waals surface area contributed by atoms with Crippen molar-refractivity contribution >= 4 is 35.0 Å². The molecule has 2 atom stereocenters. The van der Waals surface area contributed by atoms with E-state index >= 15 is 4.39 Å². The maximum Gasteiger partial charge on any atom is 0.411 e. The highest BCUT2D eigenvalue weighted by molar-refractivity contribution is 6.31. The van der Waals surface area contributed by atoms with Crippen LogP contribution in [0, 0.1) is 11.9 Å². The molecule has 1 amide bonds. The van der Waals surface area contributed by atoms with Gasteiger partial charge in [0.15, 0.2) is 5.15 Å². The molecule has 206 valence electrons. The highest BCUT2D eigenvalue weighted by atomic mass is 35.5. The van der Waals surface area contributed by atoms with Crippen molar-refractivity contribution in [3.63, 3.8) is 0 Å². The number of benzene rings is 2. The summed E-state index contributed by atoms with van der Waals surface area (Å²) in [7, 11) is 0. The van der Waals surface area contributed by atoms with Crippen LogP contribution in [-0.2, 0) is 17.8 Å². The third kappa shape index (κ3) is 4.37. The molecule has 5 aromatic rings. The number of H-pyrrole nitrogens is 1. The van der Waals surface area contributed by atoms with Gasteiger partial charge in [0.05, 0.1) is 23.6 Å². The Bertz CT molecular complexity index is 1930. The van der Waals surface area contributed by atoms with Crippen molar-refractivity contribution < 1.29 is 13.9 Å². The summed E-state index contributed by atoms with van der Waals surface area (Å²) in [5.41, 5.74) is 4.61. The lowest BCUT2D eigenvalue weighted by Gasteiger charge is -2.18. The molecular formula is C28H20Cl2FN7O3. The number of anilines is 1. The average Bonchev–Trinajstić information content (AvgIpc) is 3.64. The fourth-order valence-electron chi connectivity index (χ4n) is 5.63. The van der Waals surface area contributed by atoms with Gasteiger partial charge >= 0.3 is 6.09 Å². The summed E-state index contributed by atoms with van der Waals surface area (Å²) in [6, 6.07) is 13.4. The molecule has 0 radical (unpaired) electrons. The lowest BCUT2D eigenvalue weighted by atomic mass is 10.00. The molecule has 0 fully saturated rings. The van der Waals surface area contributed by atoms with Crippen molar-refractivity contribution in [3.8, 4) is 28.1 Å². The number of pyridine rings is 1. The first-order chi connectivity index (χ1) is 19.7. The van der Waals surface area contributed by atoms with Crippen LogP contribution < -0.4 is 10.9 Å². The molecule has 10 nitrogen and oxygen atoms in total. The van der Waals surface area contributed by atoms with E-state index < -0.39 is 18.1 Å². The molecule has 41 heavy (non-hydrogen) atoms. The van der Waals surface area contributed by atoms with Crippen LogP contribution in [0.4, 0.5) is 14.9 Å². The minimum atomic E-state index is -0.680.